The van der Waals surface area contributed by atoms with Crippen LogP contribution in [0.15, 0.2) is 54.7 Å². The van der Waals surface area contributed by atoms with E-state index in [1.165, 1.54) is 21.0 Å². The molecule has 2 amide bonds. The van der Waals surface area contributed by atoms with E-state index in [0.717, 1.165) is 11.8 Å². The van der Waals surface area contributed by atoms with Crippen LogP contribution in [0.3, 0.4) is 0 Å². The number of nitrogens with one attached hydrogen (secondary N) is 1. The number of fused-ring (bicyclic) bond motifs is 1. The van der Waals surface area contributed by atoms with Crippen molar-refractivity contribution < 1.29 is 32.6 Å². The Hall–Kier alpha value is -4.49. The van der Waals surface area contributed by atoms with Gasteiger partial charge in [-0.25, -0.2) is 9.50 Å². The molecule has 13 heteroatoms. The number of carbonyl (C=O) groups is 2. The molecule has 10 nitrogen and oxygen atoms in total. The second-order valence-electron chi connectivity index (χ2n) is 10.8. The van der Waals surface area contributed by atoms with Crippen LogP contribution in [0.25, 0.3) is 16.9 Å². The van der Waals surface area contributed by atoms with Gasteiger partial charge in [-0.3, -0.25) is 14.5 Å². The van der Waals surface area contributed by atoms with Gasteiger partial charge in [0.25, 0.3) is 5.91 Å². The molecule has 2 aromatic carbocycles. The number of aliphatic hydroxyl groups is 1. The normalized spacial score (nSPS) is 16.6. The number of hydrogen-bond donors (Lipinski definition) is 2. The summed E-state index contributed by atoms with van der Waals surface area (Å²) in [6, 6.07) is 13.0. The number of halogens is 3. The molecular weight excluding hydrogens is 577 g/mol. The van der Waals surface area contributed by atoms with Gasteiger partial charge in [-0.2, -0.15) is 18.3 Å². The summed E-state index contributed by atoms with van der Waals surface area (Å²) in [4.78, 5) is 33.5. The number of hydrogen-bond acceptors (Lipinski definition) is 7. The van der Waals surface area contributed by atoms with E-state index in [0.29, 0.717) is 34.6 Å². The van der Waals surface area contributed by atoms with Gasteiger partial charge >= 0.3 is 6.18 Å². The van der Waals surface area contributed by atoms with E-state index in [9.17, 15) is 27.9 Å². The number of aromatic nitrogens is 3. The first-order valence-corrected chi connectivity index (χ1v) is 14.1. The SMILES string of the molecule is COc1ccc(-c2nc3c(C(=O)N4CCN([C@@H](CO)c5cccc(NC(C)=O)c5)C[C@H]4C)cnn3c(C(F)(F)F)c2C)cc1. The second kappa shape index (κ2) is 12.2. The number of ether oxygens (including phenoxy) is 1. The number of piperazine rings is 1. The minimum atomic E-state index is -4.76. The fourth-order valence-electron chi connectivity index (χ4n) is 5.77. The van der Waals surface area contributed by atoms with Gasteiger partial charge in [0, 0.05) is 49.4 Å². The van der Waals surface area contributed by atoms with E-state index >= 15 is 0 Å². The molecule has 4 aromatic rings. The highest BCUT2D eigenvalue weighted by Crippen LogP contribution is 2.37. The lowest BCUT2D eigenvalue weighted by atomic mass is 10.0. The number of nitrogens with zero attached hydrogens (tertiary/aromatic N) is 5. The van der Waals surface area contributed by atoms with Crippen molar-refractivity contribution in [2.75, 3.05) is 38.7 Å². The minimum absolute atomic E-state index is 0.0349. The van der Waals surface area contributed by atoms with Gasteiger partial charge in [0.2, 0.25) is 5.91 Å². The molecule has 0 aliphatic carbocycles. The Kier molecular flexibility index (Phi) is 8.62. The maximum absolute atomic E-state index is 14.3. The summed E-state index contributed by atoms with van der Waals surface area (Å²) in [5.41, 5.74) is 0.609. The van der Waals surface area contributed by atoms with Crippen molar-refractivity contribution in [1.82, 2.24) is 24.4 Å². The first-order chi connectivity index (χ1) is 20.9. The molecule has 0 unspecified atom stereocenters. The molecule has 2 aromatic heterocycles. The molecule has 5 rings (SSSR count). The molecule has 2 N–H and O–H groups in total. The number of alkyl halides is 3. The quantitative estimate of drug-likeness (QED) is 0.315. The van der Waals surface area contributed by atoms with Gasteiger partial charge in [-0.05, 0) is 55.8 Å². The Balaban J connectivity index is 1.45. The highest BCUT2D eigenvalue weighted by Gasteiger charge is 2.39. The molecule has 2 atom stereocenters. The molecule has 0 radical (unpaired) electrons. The number of rotatable bonds is 7. The van der Waals surface area contributed by atoms with Gasteiger partial charge in [-0.1, -0.05) is 12.1 Å². The first-order valence-electron chi connectivity index (χ1n) is 14.1. The van der Waals surface area contributed by atoms with Crippen molar-refractivity contribution in [2.45, 2.75) is 39.0 Å². The Morgan fingerprint density at radius 2 is 1.89 bits per heavy atom. The maximum atomic E-state index is 14.3. The molecular formula is C31H33F3N6O4. The third-order valence-corrected chi connectivity index (χ3v) is 7.87. The molecule has 232 valence electrons. The van der Waals surface area contributed by atoms with Crippen molar-refractivity contribution in [3.63, 3.8) is 0 Å². The van der Waals surface area contributed by atoms with Gasteiger partial charge in [0.15, 0.2) is 11.3 Å². The smallest absolute Gasteiger partial charge is 0.433 e. The van der Waals surface area contributed by atoms with Gasteiger partial charge in [0.05, 0.1) is 31.6 Å². The first kappa shape index (κ1) is 31.0. The average Bonchev–Trinajstić information content (AvgIpc) is 3.39. The van der Waals surface area contributed by atoms with Crippen LogP contribution in [-0.4, -0.2) is 80.7 Å². The van der Waals surface area contributed by atoms with Crippen LogP contribution in [0, 0.1) is 6.92 Å². The van der Waals surface area contributed by atoms with E-state index < -0.39 is 17.8 Å². The third-order valence-electron chi connectivity index (χ3n) is 7.87. The van der Waals surface area contributed by atoms with Crippen LogP contribution in [0.1, 0.15) is 47.1 Å². The minimum Gasteiger partial charge on any atom is -0.497 e. The third kappa shape index (κ3) is 5.97. The Morgan fingerprint density at radius 1 is 1.16 bits per heavy atom. The number of methoxy groups -OCH3 is 1. The average molecular weight is 611 g/mol. The standard InChI is InChI=1S/C31H33F3N6O4/c1-18-16-38(26(17-41)22-6-5-7-23(14-22)36-20(3)42)12-13-39(18)30(43)25-15-35-40-28(31(32,33)34)19(2)27(37-29(25)40)21-8-10-24(44-4)11-9-21/h5-11,14-15,18,26,41H,12-13,16-17H2,1-4H3,(H,36,42)/t18-,26+/m1/s1. The fourth-order valence-corrected chi connectivity index (χ4v) is 5.77. The number of aliphatic hydroxyl groups excluding tert-OH is 1. The molecule has 3 heterocycles. The van der Waals surface area contributed by atoms with Crippen molar-refractivity contribution in [1.29, 1.82) is 0 Å². The van der Waals surface area contributed by atoms with Crippen molar-refractivity contribution in [3.05, 3.63) is 77.1 Å². The number of carbonyl (C=O) groups excluding carboxylic acids is 2. The summed E-state index contributed by atoms with van der Waals surface area (Å²) in [7, 11) is 1.49. The summed E-state index contributed by atoms with van der Waals surface area (Å²) in [6.45, 7) is 5.49. The Morgan fingerprint density at radius 3 is 2.50 bits per heavy atom. The van der Waals surface area contributed by atoms with Crippen LogP contribution in [0.5, 0.6) is 5.75 Å². The predicted octanol–water partition coefficient (Wildman–Crippen LogP) is 4.57. The number of amides is 2. The molecule has 0 bridgehead atoms. The van der Waals surface area contributed by atoms with E-state index in [4.69, 9.17) is 4.74 Å². The predicted molar refractivity (Wildman–Crippen MR) is 157 cm³/mol. The monoisotopic (exact) mass is 610 g/mol. The Labute approximate surface area is 252 Å². The van der Waals surface area contributed by atoms with Crippen LogP contribution in [0.2, 0.25) is 0 Å². The number of anilines is 1. The van der Waals surface area contributed by atoms with E-state index in [2.05, 4.69) is 15.4 Å². The zero-order valence-corrected chi connectivity index (χ0v) is 24.7. The molecule has 44 heavy (non-hydrogen) atoms. The van der Waals surface area contributed by atoms with Crippen molar-refractivity contribution in [3.8, 4) is 17.0 Å². The highest BCUT2D eigenvalue weighted by molar-refractivity contribution is 6.00. The topological polar surface area (TPSA) is 112 Å². The number of benzene rings is 2. The molecule has 0 saturated carbocycles. The lowest BCUT2D eigenvalue weighted by molar-refractivity contribution is -0.143. The van der Waals surface area contributed by atoms with Gasteiger partial charge < -0.3 is 20.1 Å². The zero-order chi connectivity index (χ0) is 31.8. The summed E-state index contributed by atoms with van der Waals surface area (Å²) >= 11 is 0. The lowest BCUT2D eigenvalue weighted by Gasteiger charge is -2.43. The maximum Gasteiger partial charge on any atom is 0.433 e. The van der Waals surface area contributed by atoms with E-state index in [-0.39, 0.29) is 53.6 Å². The van der Waals surface area contributed by atoms with Gasteiger partial charge in [0.1, 0.15) is 11.3 Å². The molecule has 1 aliphatic rings. The summed E-state index contributed by atoms with van der Waals surface area (Å²) < 4.78 is 48.9. The molecule has 0 spiro atoms. The largest absolute Gasteiger partial charge is 0.497 e. The molecule has 1 saturated heterocycles. The highest BCUT2D eigenvalue weighted by atomic mass is 19.4. The molecule has 1 fully saturated rings. The Bertz CT molecular complexity index is 1690. The summed E-state index contributed by atoms with van der Waals surface area (Å²) in [5.74, 6) is -0.148. The van der Waals surface area contributed by atoms with Crippen molar-refractivity contribution in [2.24, 2.45) is 0 Å². The van der Waals surface area contributed by atoms with Crippen LogP contribution >= 0.6 is 0 Å². The van der Waals surface area contributed by atoms with E-state index in [1.807, 2.05) is 17.9 Å². The lowest BCUT2D eigenvalue weighted by Crippen LogP contribution is -2.55. The van der Waals surface area contributed by atoms with Crippen LogP contribution in [-0.2, 0) is 11.0 Å². The fraction of sp³-hybridized carbons (Fsp3) is 0.355. The van der Waals surface area contributed by atoms with Crippen LogP contribution in [0.4, 0.5) is 18.9 Å². The summed E-state index contributed by atoms with van der Waals surface area (Å²) in [5, 5.41) is 17.0. The van der Waals surface area contributed by atoms with E-state index in [1.54, 1.807) is 47.4 Å². The molecule has 1 aliphatic heterocycles. The second-order valence-corrected chi connectivity index (χ2v) is 10.8. The summed E-state index contributed by atoms with van der Waals surface area (Å²) in [6.07, 6.45) is -3.62. The van der Waals surface area contributed by atoms with Gasteiger partial charge in [-0.15, -0.1) is 0 Å². The van der Waals surface area contributed by atoms with Crippen LogP contribution < -0.4 is 10.1 Å². The zero-order valence-electron chi connectivity index (χ0n) is 24.7. The van der Waals surface area contributed by atoms with Crippen molar-refractivity contribution >= 4 is 23.1 Å².